The molecule has 1 aromatic rings. The SMILES string of the molecule is CC(=O)N1CCc2cc(C#N)ccc2C1C(=O)O. The van der Waals surface area contributed by atoms with Crippen molar-refractivity contribution < 1.29 is 14.7 Å². The van der Waals surface area contributed by atoms with E-state index in [2.05, 4.69) is 0 Å². The summed E-state index contributed by atoms with van der Waals surface area (Å²) in [5.41, 5.74) is 1.94. The topological polar surface area (TPSA) is 81.4 Å². The molecular formula is C13H12N2O3. The molecule has 0 fully saturated rings. The summed E-state index contributed by atoms with van der Waals surface area (Å²) in [4.78, 5) is 24.1. The molecule has 1 aliphatic heterocycles. The highest BCUT2D eigenvalue weighted by Crippen LogP contribution is 2.30. The second-order valence-corrected chi connectivity index (χ2v) is 4.23. The van der Waals surface area contributed by atoms with Crippen molar-refractivity contribution >= 4 is 11.9 Å². The van der Waals surface area contributed by atoms with Crippen LogP contribution in [0.4, 0.5) is 0 Å². The quantitative estimate of drug-likeness (QED) is 0.801. The summed E-state index contributed by atoms with van der Waals surface area (Å²) in [5.74, 6) is -1.30. The number of carboxylic acid groups (broad SMARTS) is 1. The van der Waals surface area contributed by atoms with Gasteiger partial charge in [-0.1, -0.05) is 6.07 Å². The van der Waals surface area contributed by atoms with Crippen LogP contribution in [0, 0.1) is 11.3 Å². The summed E-state index contributed by atoms with van der Waals surface area (Å²) in [6.45, 7) is 1.73. The van der Waals surface area contributed by atoms with E-state index in [-0.39, 0.29) is 5.91 Å². The van der Waals surface area contributed by atoms with Gasteiger partial charge in [-0.15, -0.1) is 0 Å². The van der Waals surface area contributed by atoms with Crippen LogP contribution in [0.5, 0.6) is 0 Å². The molecule has 1 amide bonds. The summed E-state index contributed by atoms with van der Waals surface area (Å²) in [7, 11) is 0. The Labute approximate surface area is 104 Å². The zero-order valence-electron chi connectivity index (χ0n) is 9.88. The van der Waals surface area contributed by atoms with E-state index < -0.39 is 12.0 Å². The molecule has 0 spiro atoms. The molecule has 1 heterocycles. The molecule has 0 saturated heterocycles. The summed E-state index contributed by atoms with van der Waals surface area (Å²) < 4.78 is 0. The lowest BCUT2D eigenvalue weighted by atomic mass is 9.91. The van der Waals surface area contributed by atoms with Gasteiger partial charge in [-0.2, -0.15) is 5.26 Å². The van der Waals surface area contributed by atoms with Crippen molar-refractivity contribution in [2.24, 2.45) is 0 Å². The molecule has 18 heavy (non-hydrogen) atoms. The van der Waals surface area contributed by atoms with Gasteiger partial charge in [-0.3, -0.25) is 4.79 Å². The number of hydrogen-bond acceptors (Lipinski definition) is 3. The molecule has 1 aliphatic rings. The molecular weight excluding hydrogens is 232 g/mol. The number of nitriles is 1. The first-order chi connectivity index (χ1) is 8.54. The first kappa shape index (κ1) is 12.1. The van der Waals surface area contributed by atoms with E-state index in [0.29, 0.717) is 24.1 Å². The average molecular weight is 244 g/mol. The van der Waals surface area contributed by atoms with E-state index in [1.165, 1.54) is 11.8 Å². The largest absolute Gasteiger partial charge is 0.479 e. The van der Waals surface area contributed by atoms with Crippen LogP contribution in [0.15, 0.2) is 18.2 Å². The van der Waals surface area contributed by atoms with E-state index in [0.717, 1.165) is 5.56 Å². The van der Waals surface area contributed by atoms with Crippen LogP contribution in [0.25, 0.3) is 0 Å². The molecule has 5 nitrogen and oxygen atoms in total. The first-order valence-corrected chi connectivity index (χ1v) is 5.57. The lowest BCUT2D eigenvalue weighted by Crippen LogP contribution is -2.42. The zero-order valence-corrected chi connectivity index (χ0v) is 9.88. The monoisotopic (exact) mass is 244 g/mol. The second-order valence-electron chi connectivity index (χ2n) is 4.23. The van der Waals surface area contributed by atoms with Crippen molar-refractivity contribution in [2.75, 3.05) is 6.54 Å². The van der Waals surface area contributed by atoms with Crippen molar-refractivity contribution in [3.8, 4) is 6.07 Å². The van der Waals surface area contributed by atoms with Gasteiger partial charge in [-0.05, 0) is 29.7 Å². The minimum atomic E-state index is -1.05. The van der Waals surface area contributed by atoms with Gasteiger partial charge in [-0.25, -0.2) is 4.79 Å². The van der Waals surface area contributed by atoms with Crippen LogP contribution in [-0.4, -0.2) is 28.4 Å². The van der Waals surface area contributed by atoms with Crippen molar-refractivity contribution in [1.29, 1.82) is 5.26 Å². The third kappa shape index (κ3) is 1.93. The standard InChI is InChI=1S/C13H12N2O3/c1-8(16)15-5-4-10-6-9(7-14)2-3-11(10)12(15)13(17)18/h2-3,6,12H,4-5H2,1H3,(H,17,18). The molecule has 1 unspecified atom stereocenters. The molecule has 0 aromatic heterocycles. The fraction of sp³-hybridized carbons (Fsp3) is 0.308. The van der Waals surface area contributed by atoms with Gasteiger partial charge in [0.15, 0.2) is 6.04 Å². The molecule has 0 aliphatic carbocycles. The Balaban J connectivity index is 2.51. The van der Waals surface area contributed by atoms with Gasteiger partial charge in [0.25, 0.3) is 0 Å². The number of rotatable bonds is 1. The van der Waals surface area contributed by atoms with Crippen LogP contribution in [0.2, 0.25) is 0 Å². The Bertz CT molecular complexity index is 560. The summed E-state index contributed by atoms with van der Waals surface area (Å²) >= 11 is 0. The van der Waals surface area contributed by atoms with Crippen molar-refractivity contribution in [3.63, 3.8) is 0 Å². The van der Waals surface area contributed by atoms with Gasteiger partial charge in [0.2, 0.25) is 5.91 Å². The molecule has 5 heteroatoms. The maximum absolute atomic E-state index is 11.5. The van der Waals surface area contributed by atoms with Crippen LogP contribution in [0.1, 0.15) is 29.7 Å². The summed E-state index contributed by atoms with van der Waals surface area (Å²) in [6.07, 6.45) is 0.578. The van der Waals surface area contributed by atoms with Crippen LogP contribution >= 0.6 is 0 Å². The van der Waals surface area contributed by atoms with Gasteiger partial charge < -0.3 is 10.0 Å². The smallest absolute Gasteiger partial charge is 0.331 e. The Morgan fingerprint density at radius 3 is 2.78 bits per heavy atom. The Morgan fingerprint density at radius 2 is 2.22 bits per heavy atom. The van der Waals surface area contributed by atoms with Crippen molar-refractivity contribution in [1.82, 2.24) is 4.90 Å². The van der Waals surface area contributed by atoms with Crippen LogP contribution in [0.3, 0.4) is 0 Å². The van der Waals surface area contributed by atoms with Crippen molar-refractivity contribution in [2.45, 2.75) is 19.4 Å². The molecule has 0 radical (unpaired) electrons. The molecule has 1 N–H and O–H groups in total. The Morgan fingerprint density at radius 1 is 1.50 bits per heavy atom. The third-order valence-corrected chi connectivity index (χ3v) is 3.14. The molecule has 1 atom stereocenters. The lowest BCUT2D eigenvalue weighted by Gasteiger charge is -2.34. The number of carboxylic acids is 1. The highest BCUT2D eigenvalue weighted by atomic mass is 16.4. The molecule has 0 saturated carbocycles. The van der Waals surface area contributed by atoms with E-state index in [1.807, 2.05) is 6.07 Å². The molecule has 2 rings (SSSR count). The lowest BCUT2D eigenvalue weighted by molar-refractivity contribution is -0.150. The molecule has 1 aromatic carbocycles. The number of fused-ring (bicyclic) bond motifs is 1. The number of hydrogen-bond donors (Lipinski definition) is 1. The van der Waals surface area contributed by atoms with Gasteiger partial charge >= 0.3 is 5.97 Å². The number of nitrogens with zero attached hydrogens (tertiary/aromatic N) is 2. The maximum Gasteiger partial charge on any atom is 0.331 e. The number of benzene rings is 1. The van der Waals surface area contributed by atoms with E-state index in [1.54, 1.807) is 18.2 Å². The second kappa shape index (κ2) is 4.49. The highest BCUT2D eigenvalue weighted by molar-refractivity contribution is 5.84. The number of amides is 1. The van der Waals surface area contributed by atoms with E-state index >= 15 is 0 Å². The number of aliphatic carboxylic acids is 1. The van der Waals surface area contributed by atoms with Gasteiger partial charge in [0, 0.05) is 13.5 Å². The minimum absolute atomic E-state index is 0.252. The minimum Gasteiger partial charge on any atom is -0.479 e. The predicted octanol–water partition coefficient (Wildman–Crippen LogP) is 1.09. The van der Waals surface area contributed by atoms with Crippen LogP contribution in [-0.2, 0) is 16.0 Å². The first-order valence-electron chi connectivity index (χ1n) is 5.57. The predicted molar refractivity (Wildman–Crippen MR) is 62.6 cm³/mol. The Kier molecular flexibility index (Phi) is 3.02. The number of carbonyl (C=O) groups is 2. The Hall–Kier alpha value is -2.35. The van der Waals surface area contributed by atoms with Gasteiger partial charge in [0.05, 0.1) is 11.6 Å². The summed E-state index contributed by atoms with van der Waals surface area (Å²) in [5, 5.41) is 18.1. The summed E-state index contributed by atoms with van der Waals surface area (Å²) in [6, 6.07) is 5.99. The fourth-order valence-electron chi connectivity index (χ4n) is 2.30. The van der Waals surface area contributed by atoms with E-state index in [9.17, 15) is 14.7 Å². The van der Waals surface area contributed by atoms with Crippen molar-refractivity contribution in [3.05, 3.63) is 34.9 Å². The maximum atomic E-state index is 11.5. The number of carbonyl (C=O) groups excluding carboxylic acids is 1. The molecule has 92 valence electrons. The normalized spacial score (nSPS) is 17.8. The highest BCUT2D eigenvalue weighted by Gasteiger charge is 2.34. The van der Waals surface area contributed by atoms with E-state index in [4.69, 9.17) is 5.26 Å². The molecule has 0 bridgehead atoms. The fourth-order valence-corrected chi connectivity index (χ4v) is 2.30. The zero-order chi connectivity index (χ0) is 13.3. The van der Waals surface area contributed by atoms with Crippen LogP contribution < -0.4 is 0 Å². The average Bonchev–Trinajstić information content (AvgIpc) is 2.36. The van der Waals surface area contributed by atoms with Gasteiger partial charge in [0.1, 0.15) is 0 Å². The third-order valence-electron chi connectivity index (χ3n) is 3.14.